The van der Waals surface area contributed by atoms with Crippen molar-refractivity contribution in [2.24, 2.45) is 28.3 Å². The van der Waals surface area contributed by atoms with Gasteiger partial charge in [-0.15, -0.1) is 11.3 Å². The number of nitrogens with one attached hydrogen (secondary N) is 1. The molecule has 36 heavy (non-hydrogen) atoms. The minimum Gasteiger partial charge on any atom is -0.399 e. The Labute approximate surface area is 220 Å². The van der Waals surface area contributed by atoms with Gasteiger partial charge in [0.15, 0.2) is 5.13 Å². The number of nitrogens with zero attached hydrogens (tertiary/aromatic N) is 2. The van der Waals surface area contributed by atoms with Crippen LogP contribution >= 0.6 is 11.3 Å². The number of aryl methyl sites for hydroxylation is 2. The van der Waals surface area contributed by atoms with Gasteiger partial charge in [0, 0.05) is 22.9 Å². The molecule has 1 aromatic heterocycles. The zero-order chi connectivity index (χ0) is 25.7. The molecular weight excluding hydrogens is 466 g/mol. The maximum absolute atomic E-state index is 12.8. The fourth-order valence-corrected chi connectivity index (χ4v) is 8.12. The lowest BCUT2D eigenvalue weighted by Gasteiger charge is -2.50. The Morgan fingerprint density at radius 1 is 1.36 bits per heavy atom. The molecule has 5 rings (SSSR count). The lowest BCUT2D eigenvalue weighted by atomic mass is 9.53. The highest BCUT2D eigenvalue weighted by molar-refractivity contribution is 7.15. The molecule has 0 bridgehead atoms. The molecule has 0 aliphatic heterocycles. The highest BCUT2D eigenvalue weighted by Crippen LogP contribution is 2.62. The molecule has 1 aromatic carbocycles. The van der Waals surface area contributed by atoms with E-state index in [1.54, 1.807) is 12.7 Å². The van der Waals surface area contributed by atoms with Gasteiger partial charge >= 0.3 is 0 Å². The van der Waals surface area contributed by atoms with Crippen molar-refractivity contribution in [1.82, 2.24) is 4.98 Å². The van der Waals surface area contributed by atoms with Crippen molar-refractivity contribution in [2.45, 2.75) is 90.9 Å². The number of hydrogen-bond donors (Lipinski definition) is 1. The van der Waals surface area contributed by atoms with Crippen LogP contribution in [0.3, 0.4) is 0 Å². The topological polar surface area (TPSA) is 63.6 Å². The smallest absolute Gasteiger partial charge is 0.226 e. The molecule has 193 valence electrons. The van der Waals surface area contributed by atoms with Crippen molar-refractivity contribution in [1.29, 1.82) is 0 Å². The molecule has 3 aliphatic rings. The summed E-state index contributed by atoms with van der Waals surface area (Å²) in [6.45, 7) is 11.3. The summed E-state index contributed by atoms with van der Waals surface area (Å²) >= 11 is 1.53. The molecule has 2 fully saturated rings. The summed E-state index contributed by atoms with van der Waals surface area (Å²) in [5.41, 5.74) is 5.72. The first-order valence-corrected chi connectivity index (χ1v) is 14.3. The predicted molar refractivity (Wildman–Crippen MR) is 147 cm³/mol. The van der Waals surface area contributed by atoms with E-state index in [0.717, 1.165) is 30.6 Å². The summed E-state index contributed by atoms with van der Waals surface area (Å²) in [6, 6.07) is 8.33. The van der Waals surface area contributed by atoms with E-state index in [2.05, 4.69) is 61.4 Å². The number of thiazole rings is 1. The van der Waals surface area contributed by atoms with E-state index in [1.807, 2.05) is 13.1 Å². The Balaban J connectivity index is 1.40. The lowest BCUT2D eigenvalue weighted by molar-refractivity contribution is -0.116. The lowest BCUT2D eigenvalue weighted by Crippen LogP contribution is -2.44. The quantitative estimate of drug-likeness (QED) is 0.442. The molecule has 5 atom stereocenters. The largest absolute Gasteiger partial charge is 0.399 e. The Bertz CT molecular complexity index is 1160. The molecule has 1 amide bonds. The highest BCUT2D eigenvalue weighted by Gasteiger charge is 2.57. The summed E-state index contributed by atoms with van der Waals surface area (Å²) in [6.07, 6.45) is 8.80. The van der Waals surface area contributed by atoms with Crippen LogP contribution in [0.2, 0.25) is 0 Å². The minimum absolute atomic E-state index is 0.0516. The molecule has 2 aromatic rings. The first-order chi connectivity index (χ1) is 17.1. The second kappa shape index (κ2) is 9.59. The molecule has 3 aliphatic carbocycles. The number of fused-ring (bicyclic) bond motifs is 5. The fourth-order valence-electron chi connectivity index (χ4n) is 7.44. The summed E-state index contributed by atoms with van der Waals surface area (Å²) in [7, 11) is 1.66. The van der Waals surface area contributed by atoms with Gasteiger partial charge in [0.2, 0.25) is 5.91 Å². The molecule has 0 saturated heterocycles. The number of hydrogen-bond acceptors (Lipinski definition) is 5. The Hall–Kier alpha value is -2.21. The molecule has 3 unspecified atom stereocenters. The number of carbonyl (C=O) groups is 1. The Morgan fingerprint density at radius 3 is 2.86 bits per heavy atom. The summed E-state index contributed by atoms with van der Waals surface area (Å²) < 4.78 is 0. The van der Waals surface area contributed by atoms with Crippen molar-refractivity contribution in [3.05, 3.63) is 46.0 Å². The van der Waals surface area contributed by atoms with Gasteiger partial charge < -0.3 is 10.2 Å². The van der Waals surface area contributed by atoms with Crippen LogP contribution < -0.4 is 5.32 Å². The van der Waals surface area contributed by atoms with Gasteiger partial charge in [0.05, 0.1) is 5.71 Å². The highest BCUT2D eigenvalue weighted by atomic mass is 32.1. The van der Waals surface area contributed by atoms with Crippen LogP contribution in [-0.2, 0) is 21.5 Å². The molecule has 6 heteroatoms. The Kier molecular flexibility index (Phi) is 6.78. The van der Waals surface area contributed by atoms with E-state index in [-0.39, 0.29) is 16.7 Å². The van der Waals surface area contributed by atoms with Crippen molar-refractivity contribution < 1.29 is 9.63 Å². The number of amides is 1. The van der Waals surface area contributed by atoms with Gasteiger partial charge in [-0.2, -0.15) is 0 Å². The standard InChI is InChI=1S/C30H40N3O2S/c1-18-17-31-28(36-18)32-26(34)12-9-20-15-25(33-35-6)30(5)14-13-22-23(27(20)30)11-8-19-7-10-21(16-24(19)22)29(2,3)4/h7,16-17,20,22-23,27H,8-9,11-15H2,1-6H3,(H,31,32,34)/b33-25+/t20-,22?,23?,27?,30-/m1/s1. The molecule has 5 nitrogen and oxygen atoms in total. The monoisotopic (exact) mass is 506 g/mol. The maximum Gasteiger partial charge on any atom is 0.226 e. The van der Waals surface area contributed by atoms with Crippen LogP contribution in [0, 0.1) is 36.2 Å². The third-order valence-electron chi connectivity index (χ3n) is 9.15. The fraction of sp³-hybridized carbons (Fsp3) is 0.633. The predicted octanol–water partition coefficient (Wildman–Crippen LogP) is 7.05. The van der Waals surface area contributed by atoms with Gasteiger partial charge in [0.1, 0.15) is 7.11 Å². The van der Waals surface area contributed by atoms with E-state index < -0.39 is 0 Å². The van der Waals surface area contributed by atoms with E-state index in [0.29, 0.717) is 35.2 Å². The van der Waals surface area contributed by atoms with Gasteiger partial charge in [-0.3, -0.25) is 4.79 Å². The van der Waals surface area contributed by atoms with E-state index in [4.69, 9.17) is 4.84 Å². The zero-order valence-corrected chi connectivity index (χ0v) is 23.4. The van der Waals surface area contributed by atoms with Crippen molar-refractivity contribution in [3.8, 4) is 0 Å². The van der Waals surface area contributed by atoms with Crippen molar-refractivity contribution in [3.63, 3.8) is 0 Å². The third-order valence-corrected chi connectivity index (χ3v) is 9.98. The van der Waals surface area contributed by atoms with Crippen LogP contribution in [0.1, 0.15) is 93.7 Å². The maximum atomic E-state index is 12.8. The van der Waals surface area contributed by atoms with Gasteiger partial charge in [-0.25, -0.2) is 4.98 Å². The van der Waals surface area contributed by atoms with Crippen LogP contribution in [0.5, 0.6) is 0 Å². The van der Waals surface area contributed by atoms with E-state index in [1.165, 1.54) is 41.0 Å². The molecule has 2 saturated carbocycles. The molecule has 0 spiro atoms. The second-order valence-electron chi connectivity index (χ2n) is 12.4. The van der Waals surface area contributed by atoms with Crippen LogP contribution in [-0.4, -0.2) is 23.7 Å². The van der Waals surface area contributed by atoms with Gasteiger partial charge in [-0.05, 0) is 97.3 Å². The summed E-state index contributed by atoms with van der Waals surface area (Å²) in [5.74, 6) is 2.23. The first-order valence-electron chi connectivity index (χ1n) is 13.5. The number of rotatable bonds is 5. The molecule has 1 N–H and O–H groups in total. The second-order valence-corrected chi connectivity index (χ2v) is 13.7. The molecule has 1 radical (unpaired) electrons. The van der Waals surface area contributed by atoms with E-state index in [9.17, 15) is 4.79 Å². The zero-order valence-electron chi connectivity index (χ0n) is 22.6. The number of anilines is 1. The average Bonchev–Trinajstić information content (AvgIpc) is 3.36. The van der Waals surface area contributed by atoms with Gasteiger partial charge in [-0.1, -0.05) is 45.0 Å². The van der Waals surface area contributed by atoms with Crippen LogP contribution in [0.15, 0.2) is 23.5 Å². The van der Waals surface area contributed by atoms with E-state index >= 15 is 0 Å². The van der Waals surface area contributed by atoms with Crippen LogP contribution in [0.25, 0.3) is 0 Å². The normalized spacial score (nSPS) is 30.4. The summed E-state index contributed by atoms with van der Waals surface area (Å²) in [4.78, 5) is 23.5. The SMILES string of the molecule is CO/N=C1\C[C@@H](CCC(=O)Nc2ncc(C)s2)C2C3CCc4c[c]c(C(C)(C)C)cc4C3CC[C@]12C. The van der Waals surface area contributed by atoms with Crippen molar-refractivity contribution >= 4 is 28.1 Å². The van der Waals surface area contributed by atoms with Crippen molar-refractivity contribution in [2.75, 3.05) is 12.4 Å². The number of benzene rings is 1. The molecule has 1 heterocycles. The molecular formula is C30H40N3O2S. The minimum atomic E-state index is 0.0516. The van der Waals surface area contributed by atoms with Crippen LogP contribution in [0.4, 0.5) is 5.13 Å². The summed E-state index contributed by atoms with van der Waals surface area (Å²) in [5, 5.41) is 8.26. The third kappa shape index (κ3) is 4.62. The Morgan fingerprint density at radius 2 is 2.17 bits per heavy atom. The number of aromatic nitrogens is 1. The number of oxime groups is 1. The average molecular weight is 507 g/mol. The first kappa shape index (κ1) is 25.4. The van der Waals surface area contributed by atoms with Gasteiger partial charge in [0.25, 0.3) is 0 Å². The number of carbonyl (C=O) groups excluding carboxylic acids is 1.